The quantitative estimate of drug-likeness (QED) is 0.207. The molecule has 1 aliphatic rings. The van der Waals surface area contributed by atoms with Crippen molar-refractivity contribution >= 4 is 33.4 Å². The van der Waals surface area contributed by atoms with Crippen molar-refractivity contribution in [3.63, 3.8) is 0 Å². The molecule has 0 saturated carbocycles. The molecule has 3 heterocycles. The largest absolute Gasteiger partial charge is 0.464 e. The molecule has 1 aliphatic heterocycles. The van der Waals surface area contributed by atoms with Crippen molar-refractivity contribution < 1.29 is 19.0 Å². The van der Waals surface area contributed by atoms with E-state index >= 15 is 0 Å². The van der Waals surface area contributed by atoms with Gasteiger partial charge >= 0.3 is 5.97 Å². The number of halogens is 1. The monoisotopic (exact) mass is 598 g/mol. The number of nitrogens with zero attached hydrogens (tertiary/aromatic N) is 4. The molecule has 1 unspecified atom stereocenters. The van der Waals surface area contributed by atoms with Gasteiger partial charge in [-0.3, -0.25) is 0 Å². The maximum atomic E-state index is 13.4. The Hall–Kier alpha value is -2.75. The second-order valence-electron chi connectivity index (χ2n) is 11.1. The summed E-state index contributed by atoms with van der Waals surface area (Å²) in [4.78, 5) is 20.5. The van der Waals surface area contributed by atoms with Crippen LogP contribution >= 0.6 is 15.9 Å². The lowest BCUT2D eigenvalue weighted by atomic mass is 9.92. The minimum atomic E-state index is -0.958. The molecule has 1 aromatic carbocycles. The van der Waals surface area contributed by atoms with Gasteiger partial charge in [-0.2, -0.15) is 9.61 Å². The number of hydrogen-bond acceptors (Lipinski definition) is 7. The van der Waals surface area contributed by atoms with Gasteiger partial charge in [-0.05, 0) is 66.5 Å². The van der Waals surface area contributed by atoms with Gasteiger partial charge < -0.3 is 19.1 Å². The third-order valence-corrected chi connectivity index (χ3v) is 7.32. The number of ether oxygens (including phenoxy) is 3. The lowest BCUT2D eigenvalue weighted by Gasteiger charge is -2.41. The van der Waals surface area contributed by atoms with Crippen molar-refractivity contribution in [3.8, 4) is 11.3 Å². The predicted octanol–water partition coefficient (Wildman–Crippen LogP) is 6.45. The molecule has 39 heavy (non-hydrogen) atoms. The summed E-state index contributed by atoms with van der Waals surface area (Å²) in [5.74, 6) is 0.361. The molecular weight excluding hydrogens is 560 g/mol. The Labute approximate surface area is 239 Å². The van der Waals surface area contributed by atoms with E-state index in [4.69, 9.17) is 24.3 Å². The molecule has 2 aromatic heterocycles. The highest BCUT2D eigenvalue weighted by Crippen LogP contribution is 2.38. The number of piperidine rings is 1. The average Bonchev–Trinajstić information content (AvgIpc) is 3.29. The normalized spacial score (nSPS) is 16.3. The minimum Gasteiger partial charge on any atom is -0.464 e. The number of carbonyl (C=O) groups is 1. The molecule has 4 rings (SSSR count). The van der Waals surface area contributed by atoms with Crippen LogP contribution < -0.4 is 4.90 Å². The fourth-order valence-electron chi connectivity index (χ4n) is 4.91. The second kappa shape index (κ2) is 11.8. The molecule has 0 amide bonds. The molecule has 1 fully saturated rings. The van der Waals surface area contributed by atoms with Gasteiger partial charge in [-0.15, -0.1) is 6.58 Å². The Bertz CT molecular complexity index is 1340. The molecule has 8 nitrogen and oxygen atoms in total. The first kappa shape index (κ1) is 29.2. The maximum absolute atomic E-state index is 13.4. The van der Waals surface area contributed by atoms with Crippen LogP contribution in [0.3, 0.4) is 0 Å². The Balaban J connectivity index is 1.89. The number of aromatic nitrogens is 3. The zero-order valence-electron chi connectivity index (χ0n) is 23.8. The SMILES string of the molecule is C=CCOC1(C)CCN(c2c(C(OC(C)(C)C)C(=O)OCC)c(C)nc3cc(-c4cccc(Br)c4)nn23)CC1. The summed E-state index contributed by atoms with van der Waals surface area (Å²) < 4.78 is 20.8. The standard InChI is InChI=1S/C30H39BrN4O4/c1-8-17-38-30(7)13-15-34(16-14-30)27-25(26(28(36)37-9-2)39-29(4,5)6)20(3)32-24-19-23(33-35(24)27)21-11-10-12-22(31)18-21/h8,10-12,18-19,26H,1,9,13-17H2,2-7H3. The van der Waals surface area contributed by atoms with E-state index in [0.29, 0.717) is 23.5 Å². The van der Waals surface area contributed by atoms with Crippen molar-refractivity contribution in [1.29, 1.82) is 0 Å². The summed E-state index contributed by atoms with van der Waals surface area (Å²) in [6, 6.07) is 10.00. The van der Waals surface area contributed by atoms with E-state index in [1.807, 2.05) is 62.5 Å². The highest BCUT2D eigenvalue weighted by Gasteiger charge is 2.38. The number of aryl methyl sites for hydroxylation is 1. The fraction of sp³-hybridized carbons (Fsp3) is 0.500. The maximum Gasteiger partial charge on any atom is 0.340 e. The minimum absolute atomic E-state index is 0.250. The third-order valence-electron chi connectivity index (χ3n) is 6.83. The van der Waals surface area contributed by atoms with E-state index in [0.717, 1.165) is 47.5 Å². The van der Waals surface area contributed by atoms with Crippen LogP contribution in [0.5, 0.6) is 0 Å². The van der Waals surface area contributed by atoms with Crippen LogP contribution in [0.1, 0.15) is 64.8 Å². The number of hydrogen-bond donors (Lipinski definition) is 0. The van der Waals surface area contributed by atoms with Gasteiger partial charge in [-0.25, -0.2) is 9.78 Å². The highest BCUT2D eigenvalue weighted by molar-refractivity contribution is 9.10. The molecule has 0 radical (unpaired) electrons. The molecule has 1 saturated heterocycles. The summed E-state index contributed by atoms with van der Waals surface area (Å²) in [6.45, 7) is 17.7. The molecule has 1 atom stereocenters. The predicted molar refractivity (Wildman–Crippen MR) is 157 cm³/mol. The van der Waals surface area contributed by atoms with Crippen LogP contribution in [0.2, 0.25) is 0 Å². The zero-order valence-corrected chi connectivity index (χ0v) is 25.4. The molecule has 0 aliphatic carbocycles. The Morgan fingerprint density at radius 3 is 2.59 bits per heavy atom. The smallest absolute Gasteiger partial charge is 0.340 e. The van der Waals surface area contributed by atoms with Gasteiger partial charge in [0.1, 0.15) is 5.82 Å². The van der Waals surface area contributed by atoms with Gasteiger partial charge in [0.25, 0.3) is 0 Å². The van der Waals surface area contributed by atoms with Gasteiger partial charge in [0.15, 0.2) is 11.8 Å². The number of fused-ring (bicyclic) bond motifs is 1. The molecule has 3 aromatic rings. The van der Waals surface area contributed by atoms with E-state index in [9.17, 15) is 4.79 Å². The van der Waals surface area contributed by atoms with Gasteiger partial charge in [-0.1, -0.05) is 34.1 Å². The molecule has 0 bridgehead atoms. The Kier molecular flexibility index (Phi) is 8.83. The summed E-state index contributed by atoms with van der Waals surface area (Å²) in [5.41, 5.74) is 3.00. The Morgan fingerprint density at radius 2 is 1.97 bits per heavy atom. The van der Waals surface area contributed by atoms with E-state index in [1.165, 1.54) is 0 Å². The van der Waals surface area contributed by atoms with Gasteiger partial charge in [0, 0.05) is 34.9 Å². The van der Waals surface area contributed by atoms with Crippen LogP contribution in [0, 0.1) is 6.92 Å². The van der Waals surface area contributed by atoms with Gasteiger partial charge in [0.05, 0.1) is 35.7 Å². The van der Waals surface area contributed by atoms with Crippen LogP contribution in [-0.4, -0.2) is 58.1 Å². The van der Waals surface area contributed by atoms with E-state index in [1.54, 1.807) is 13.0 Å². The van der Waals surface area contributed by atoms with Crippen LogP contribution in [0.25, 0.3) is 16.9 Å². The third kappa shape index (κ3) is 6.70. The average molecular weight is 600 g/mol. The van der Waals surface area contributed by atoms with E-state index < -0.39 is 17.7 Å². The van der Waals surface area contributed by atoms with E-state index in [-0.39, 0.29) is 12.2 Å². The molecule has 0 spiro atoms. The van der Waals surface area contributed by atoms with Gasteiger partial charge in [0.2, 0.25) is 0 Å². The summed E-state index contributed by atoms with van der Waals surface area (Å²) in [7, 11) is 0. The van der Waals surface area contributed by atoms with Crippen molar-refractivity contribution in [2.75, 3.05) is 31.2 Å². The van der Waals surface area contributed by atoms with E-state index in [2.05, 4.69) is 34.3 Å². The van der Waals surface area contributed by atoms with Crippen molar-refractivity contribution in [1.82, 2.24) is 14.6 Å². The topological polar surface area (TPSA) is 78.2 Å². The summed E-state index contributed by atoms with van der Waals surface area (Å²) >= 11 is 3.57. The Morgan fingerprint density at radius 1 is 1.26 bits per heavy atom. The van der Waals surface area contributed by atoms with Crippen molar-refractivity contribution in [2.45, 2.75) is 71.7 Å². The molecular formula is C30H39BrN4O4. The second-order valence-corrected chi connectivity index (χ2v) is 12.1. The number of benzene rings is 1. The molecule has 0 N–H and O–H groups in total. The lowest BCUT2D eigenvalue weighted by Crippen LogP contribution is -2.45. The van der Waals surface area contributed by atoms with Crippen molar-refractivity contribution in [3.05, 3.63) is 58.7 Å². The number of rotatable bonds is 9. The summed E-state index contributed by atoms with van der Waals surface area (Å²) in [5, 5.41) is 5.01. The number of anilines is 1. The van der Waals surface area contributed by atoms with Crippen LogP contribution in [-0.2, 0) is 19.0 Å². The zero-order chi connectivity index (χ0) is 28.4. The lowest BCUT2D eigenvalue weighted by molar-refractivity contribution is -0.166. The van der Waals surface area contributed by atoms with Crippen LogP contribution in [0.15, 0.2) is 47.5 Å². The highest BCUT2D eigenvalue weighted by atomic mass is 79.9. The first-order valence-electron chi connectivity index (χ1n) is 13.4. The molecule has 9 heteroatoms. The first-order valence-corrected chi connectivity index (χ1v) is 14.2. The summed E-state index contributed by atoms with van der Waals surface area (Å²) in [6.07, 6.45) is 2.45. The first-order chi connectivity index (χ1) is 18.4. The number of carbonyl (C=O) groups excluding carboxylic acids is 1. The fourth-order valence-corrected chi connectivity index (χ4v) is 5.31. The van der Waals surface area contributed by atoms with Crippen LogP contribution in [0.4, 0.5) is 5.82 Å². The molecule has 210 valence electrons. The van der Waals surface area contributed by atoms with Crippen molar-refractivity contribution in [2.24, 2.45) is 0 Å². The number of esters is 1.